The van der Waals surface area contributed by atoms with Crippen molar-refractivity contribution in [1.82, 2.24) is 10.3 Å². The number of nitrogens with one attached hydrogen (secondary N) is 2. The smallest absolute Gasteiger partial charge is 0.245 e. The maximum atomic E-state index is 12.8. The number of sulfone groups is 1. The molecule has 8 heteroatoms. The Labute approximate surface area is 152 Å². The lowest BCUT2D eigenvalue weighted by Crippen LogP contribution is -2.55. The highest BCUT2D eigenvalue weighted by atomic mass is 32.2. The SMILES string of the molecule is CS(=O)(=O)C1(C(=O)Nc2ccc(Oc3ccncc3)cc2)CCNCC1. The molecule has 1 aliphatic rings. The Kier molecular flexibility index (Phi) is 5.24. The molecule has 1 aliphatic heterocycles. The molecule has 1 aromatic heterocycles. The van der Waals surface area contributed by atoms with Crippen molar-refractivity contribution in [2.24, 2.45) is 0 Å². The number of hydrogen-bond acceptors (Lipinski definition) is 6. The largest absolute Gasteiger partial charge is 0.457 e. The summed E-state index contributed by atoms with van der Waals surface area (Å²) >= 11 is 0. The highest BCUT2D eigenvalue weighted by molar-refractivity contribution is 7.92. The number of benzene rings is 1. The van der Waals surface area contributed by atoms with Gasteiger partial charge in [0.25, 0.3) is 0 Å². The molecular formula is C18H21N3O4S. The third kappa shape index (κ3) is 3.86. The van der Waals surface area contributed by atoms with Crippen LogP contribution in [0.4, 0.5) is 5.69 Å². The fourth-order valence-corrected chi connectivity index (χ4v) is 4.32. The summed E-state index contributed by atoms with van der Waals surface area (Å²) in [5, 5.41) is 5.83. The zero-order chi connectivity index (χ0) is 18.6. The normalized spacial score (nSPS) is 16.7. The molecule has 2 aromatic rings. The molecule has 0 bridgehead atoms. The summed E-state index contributed by atoms with van der Waals surface area (Å²) in [6, 6.07) is 10.3. The molecule has 1 aromatic carbocycles. The molecule has 26 heavy (non-hydrogen) atoms. The molecule has 7 nitrogen and oxygen atoms in total. The molecule has 0 saturated carbocycles. The van der Waals surface area contributed by atoms with Gasteiger partial charge in [-0.15, -0.1) is 0 Å². The maximum absolute atomic E-state index is 12.8. The molecule has 1 amide bonds. The zero-order valence-corrected chi connectivity index (χ0v) is 15.3. The summed E-state index contributed by atoms with van der Waals surface area (Å²) in [5.74, 6) is 0.778. The van der Waals surface area contributed by atoms with Crippen LogP contribution in [0.25, 0.3) is 0 Å². The molecule has 0 atom stereocenters. The van der Waals surface area contributed by atoms with E-state index in [0.29, 0.717) is 30.3 Å². The average molecular weight is 375 g/mol. The van der Waals surface area contributed by atoms with Crippen LogP contribution in [0.2, 0.25) is 0 Å². The minimum atomic E-state index is -3.54. The van der Waals surface area contributed by atoms with Gasteiger partial charge in [-0.25, -0.2) is 8.42 Å². The van der Waals surface area contributed by atoms with Gasteiger partial charge in [-0.1, -0.05) is 0 Å². The molecule has 0 aliphatic carbocycles. The van der Waals surface area contributed by atoms with Gasteiger partial charge in [-0.2, -0.15) is 0 Å². The van der Waals surface area contributed by atoms with E-state index in [-0.39, 0.29) is 12.8 Å². The number of hydrogen-bond donors (Lipinski definition) is 2. The Morgan fingerprint density at radius 2 is 1.65 bits per heavy atom. The molecule has 0 radical (unpaired) electrons. The second-order valence-corrected chi connectivity index (χ2v) is 8.61. The summed E-state index contributed by atoms with van der Waals surface area (Å²) in [7, 11) is -3.54. The van der Waals surface area contributed by atoms with Gasteiger partial charge >= 0.3 is 0 Å². The Morgan fingerprint density at radius 3 is 2.23 bits per heavy atom. The fraction of sp³-hybridized carbons (Fsp3) is 0.333. The number of carbonyl (C=O) groups excluding carboxylic acids is 1. The Hall–Kier alpha value is -2.45. The highest BCUT2D eigenvalue weighted by Gasteiger charge is 2.48. The first-order valence-corrected chi connectivity index (χ1v) is 10.2. The van der Waals surface area contributed by atoms with Crippen LogP contribution in [0, 0.1) is 0 Å². The van der Waals surface area contributed by atoms with Gasteiger partial charge in [-0.3, -0.25) is 9.78 Å². The van der Waals surface area contributed by atoms with Crippen LogP contribution in [0.1, 0.15) is 12.8 Å². The van der Waals surface area contributed by atoms with E-state index in [2.05, 4.69) is 15.6 Å². The zero-order valence-electron chi connectivity index (χ0n) is 14.4. The van der Waals surface area contributed by atoms with Crippen LogP contribution in [0.3, 0.4) is 0 Å². The number of amides is 1. The molecule has 0 spiro atoms. The monoisotopic (exact) mass is 375 g/mol. The van der Waals surface area contributed by atoms with Crippen molar-refractivity contribution < 1.29 is 17.9 Å². The lowest BCUT2D eigenvalue weighted by Gasteiger charge is -2.34. The van der Waals surface area contributed by atoms with Crippen molar-refractivity contribution in [3.63, 3.8) is 0 Å². The standard InChI is InChI=1S/C18H21N3O4S/c1-26(23,24)18(8-12-20-13-9-18)17(22)21-14-2-4-15(5-3-14)25-16-6-10-19-11-7-16/h2-7,10-11,20H,8-9,12-13H2,1H3,(H,21,22). The molecule has 1 fully saturated rings. The van der Waals surface area contributed by atoms with E-state index < -0.39 is 20.5 Å². The van der Waals surface area contributed by atoms with E-state index in [4.69, 9.17) is 4.74 Å². The molecule has 2 heterocycles. The summed E-state index contributed by atoms with van der Waals surface area (Å²) in [6.07, 6.45) is 4.92. The van der Waals surface area contributed by atoms with Crippen LogP contribution in [0.15, 0.2) is 48.8 Å². The van der Waals surface area contributed by atoms with Gasteiger partial charge < -0.3 is 15.4 Å². The first-order valence-electron chi connectivity index (χ1n) is 8.30. The lowest BCUT2D eigenvalue weighted by molar-refractivity contribution is -0.119. The minimum Gasteiger partial charge on any atom is -0.457 e. The number of rotatable bonds is 5. The van der Waals surface area contributed by atoms with E-state index in [1.54, 1.807) is 48.8 Å². The summed E-state index contributed by atoms with van der Waals surface area (Å²) in [5.41, 5.74) is 0.527. The number of ether oxygens (including phenoxy) is 1. The van der Waals surface area contributed by atoms with Crippen LogP contribution >= 0.6 is 0 Å². The predicted molar refractivity (Wildman–Crippen MR) is 99.1 cm³/mol. The summed E-state index contributed by atoms with van der Waals surface area (Å²) in [4.78, 5) is 16.7. The van der Waals surface area contributed by atoms with Crippen LogP contribution < -0.4 is 15.4 Å². The van der Waals surface area contributed by atoms with Gasteiger partial charge in [-0.05, 0) is 62.3 Å². The quantitative estimate of drug-likeness (QED) is 0.829. The van der Waals surface area contributed by atoms with Crippen LogP contribution in [-0.2, 0) is 14.6 Å². The van der Waals surface area contributed by atoms with E-state index in [0.717, 1.165) is 6.26 Å². The van der Waals surface area contributed by atoms with Crippen molar-refractivity contribution in [3.05, 3.63) is 48.8 Å². The Bertz CT molecular complexity index is 861. The lowest BCUT2D eigenvalue weighted by atomic mass is 9.95. The number of anilines is 1. The van der Waals surface area contributed by atoms with Gasteiger partial charge in [0.15, 0.2) is 14.6 Å². The third-order valence-corrected chi connectivity index (χ3v) is 6.55. The fourth-order valence-electron chi connectivity index (χ4n) is 2.99. The van der Waals surface area contributed by atoms with E-state index >= 15 is 0 Å². The van der Waals surface area contributed by atoms with E-state index in [1.807, 2.05) is 0 Å². The number of pyridine rings is 1. The molecule has 3 rings (SSSR count). The van der Waals surface area contributed by atoms with Crippen LogP contribution in [0.5, 0.6) is 11.5 Å². The predicted octanol–water partition coefficient (Wildman–Crippen LogP) is 1.98. The van der Waals surface area contributed by atoms with Gasteiger partial charge in [0.2, 0.25) is 5.91 Å². The molecule has 2 N–H and O–H groups in total. The molecule has 138 valence electrons. The summed E-state index contributed by atoms with van der Waals surface area (Å²) < 4.78 is 28.9. The number of aromatic nitrogens is 1. The topological polar surface area (TPSA) is 97.4 Å². The number of carbonyl (C=O) groups is 1. The second-order valence-electron chi connectivity index (χ2n) is 6.28. The average Bonchev–Trinajstić information content (AvgIpc) is 2.64. The first-order chi connectivity index (χ1) is 12.4. The van der Waals surface area contributed by atoms with Gasteiger partial charge in [0.05, 0.1) is 0 Å². The molecule has 0 unspecified atom stereocenters. The van der Waals surface area contributed by atoms with Crippen LogP contribution in [-0.4, -0.2) is 43.4 Å². The molecule has 1 saturated heterocycles. The maximum Gasteiger partial charge on any atom is 0.245 e. The third-order valence-electron chi connectivity index (χ3n) is 4.53. The number of nitrogens with zero attached hydrogens (tertiary/aromatic N) is 1. The first kappa shape index (κ1) is 18.3. The van der Waals surface area contributed by atoms with Crippen molar-refractivity contribution in [2.75, 3.05) is 24.7 Å². The minimum absolute atomic E-state index is 0.265. The Balaban J connectivity index is 1.72. The number of piperidine rings is 1. The van der Waals surface area contributed by atoms with Crippen molar-refractivity contribution >= 4 is 21.4 Å². The van der Waals surface area contributed by atoms with Gasteiger partial charge in [0, 0.05) is 24.3 Å². The highest BCUT2D eigenvalue weighted by Crippen LogP contribution is 2.30. The summed E-state index contributed by atoms with van der Waals surface area (Å²) in [6.45, 7) is 0.998. The van der Waals surface area contributed by atoms with Crippen molar-refractivity contribution in [2.45, 2.75) is 17.6 Å². The van der Waals surface area contributed by atoms with E-state index in [9.17, 15) is 13.2 Å². The van der Waals surface area contributed by atoms with Gasteiger partial charge in [0.1, 0.15) is 11.5 Å². The van der Waals surface area contributed by atoms with Crippen molar-refractivity contribution in [1.29, 1.82) is 0 Å². The molecular weight excluding hydrogens is 354 g/mol. The Morgan fingerprint density at radius 1 is 1.08 bits per heavy atom. The second kappa shape index (κ2) is 7.43. The van der Waals surface area contributed by atoms with Crippen molar-refractivity contribution in [3.8, 4) is 11.5 Å². The van der Waals surface area contributed by atoms with E-state index in [1.165, 1.54) is 0 Å².